The quantitative estimate of drug-likeness (QED) is 0.325. The van der Waals surface area contributed by atoms with Gasteiger partial charge >= 0.3 is 6.18 Å². The number of ether oxygens (including phenoxy) is 1. The van der Waals surface area contributed by atoms with Crippen LogP contribution in [0.25, 0.3) is 0 Å². The molecule has 1 aliphatic rings. The van der Waals surface area contributed by atoms with Crippen LogP contribution in [0.2, 0.25) is 0 Å². The predicted octanol–water partition coefficient (Wildman–Crippen LogP) is 4.50. The minimum absolute atomic E-state index is 0. The lowest BCUT2D eigenvalue weighted by atomic mass is 9.72. The van der Waals surface area contributed by atoms with Gasteiger partial charge in [-0.2, -0.15) is 13.2 Å². The number of alkyl halides is 3. The molecule has 2 heterocycles. The number of hydrogen-bond acceptors (Lipinski definition) is 4. The summed E-state index contributed by atoms with van der Waals surface area (Å²) >= 11 is 0.980. The topological polar surface area (TPSA) is 58.5 Å². The molecule has 30 heavy (non-hydrogen) atoms. The van der Waals surface area contributed by atoms with Gasteiger partial charge in [-0.25, -0.2) is 4.98 Å². The lowest BCUT2D eigenvalue weighted by molar-refractivity contribution is -0.140. The lowest BCUT2D eigenvalue weighted by Crippen LogP contribution is -2.48. The van der Waals surface area contributed by atoms with E-state index in [1.54, 1.807) is 7.05 Å². The van der Waals surface area contributed by atoms with Gasteiger partial charge < -0.3 is 15.4 Å². The van der Waals surface area contributed by atoms with Crippen molar-refractivity contribution in [1.29, 1.82) is 0 Å². The number of guanidine groups is 1. The Morgan fingerprint density at radius 1 is 1.23 bits per heavy atom. The zero-order chi connectivity index (χ0) is 20.9. The molecule has 1 fully saturated rings. The molecule has 0 spiro atoms. The van der Waals surface area contributed by atoms with Crippen LogP contribution in [-0.4, -0.2) is 37.7 Å². The Labute approximate surface area is 195 Å². The lowest BCUT2D eigenvalue weighted by Gasteiger charge is -2.39. The van der Waals surface area contributed by atoms with Crippen LogP contribution in [0.1, 0.15) is 34.7 Å². The molecule has 10 heteroatoms. The van der Waals surface area contributed by atoms with E-state index in [0.29, 0.717) is 30.7 Å². The van der Waals surface area contributed by atoms with Gasteiger partial charge in [0.1, 0.15) is 5.01 Å². The molecule has 3 rings (SSSR count). The summed E-state index contributed by atoms with van der Waals surface area (Å²) in [5.41, 5.74) is 1.59. The van der Waals surface area contributed by atoms with E-state index in [9.17, 15) is 13.2 Å². The molecule has 1 saturated heterocycles. The van der Waals surface area contributed by atoms with Crippen molar-refractivity contribution in [3.05, 3.63) is 51.5 Å². The van der Waals surface area contributed by atoms with Crippen molar-refractivity contribution in [3.8, 4) is 0 Å². The van der Waals surface area contributed by atoms with Crippen molar-refractivity contribution >= 4 is 41.3 Å². The van der Waals surface area contributed by atoms with Gasteiger partial charge in [0.05, 0.1) is 6.54 Å². The summed E-state index contributed by atoms with van der Waals surface area (Å²) in [4.78, 5) is 7.85. The first-order valence-electron chi connectivity index (χ1n) is 9.44. The minimum Gasteiger partial charge on any atom is -0.381 e. The molecule has 1 aromatic heterocycles. The molecule has 2 aromatic rings. The number of aliphatic imine (C=N–C) groups is 1. The largest absolute Gasteiger partial charge is 0.434 e. The summed E-state index contributed by atoms with van der Waals surface area (Å²) < 4.78 is 43.7. The summed E-state index contributed by atoms with van der Waals surface area (Å²) in [5, 5.41) is 7.80. The van der Waals surface area contributed by atoms with E-state index in [1.807, 2.05) is 12.1 Å². The number of nitrogens with one attached hydrogen (secondary N) is 2. The number of rotatable bonds is 5. The Balaban J connectivity index is 0.00000320. The third-order valence-corrected chi connectivity index (χ3v) is 6.08. The second-order valence-electron chi connectivity index (χ2n) is 7.11. The van der Waals surface area contributed by atoms with E-state index >= 15 is 0 Å². The van der Waals surface area contributed by atoms with Crippen molar-refractivity contribution in [2.45, 2.75) is 37.9 Å². The minimum atomic E-state index is -4.42. The fraction of sp³-hybridized carbons (Fsp3) is 0.500. The first kappa shape index (κ1) is 24.9. The number of nitrogens with zero attached hydrogens (tertiary/aromatic N) is 2. The number of aryl methyl sites for hydroxylation is 1. The Hall–Kier alpha value is -1.40. The summed E-state index contributed by atoms with van der Waals surface area (Å²) in [6.45, 7) is 4.34. The molecule has 0 unspecified atom stereocenters. The Bertz CT molecular complexity index is 851. The van der Waals surface area contributed by atoms with Crippen LogP contribution in [0.3, 0.4) is 0 Å². The van der Waals surface area contributed by atoms with Crippen LogP contribution in [0.5, 0.6) is 0 Å². The van der Waals surface area contributed by atoms with Crippen LogP contribution < -0.4 is 10.6 Å². The van der Waals surface area contributed by atoms with Gasteiger partial charge in [0, 0.05) is 37.6 Å². The highest BCUT2D eigenvalue weighted by Crippen LogP contribution is 2.36. The molecular formula is C20H26F3IN4OS. The second-order valence-corrected chi connectivity index (χ2v) is 8.05. The number of aromatic nitrogens is 1. The number of thiazole rings is 1. The highest BCUT2D eigenvalue weighted by Gasteiger charge is 2.36. The number of halogens is 4. The van der Waals surface area contributed by atoms with Gasteiger partial charge in [0.25, 0.3) is 0 Å². The summed E-state index contributed by atoms with van der Waals surface area (Å²) in [6.07, 6.45) is -2.63. The smallest absolute Gasteiger partial charge is 0.381 e. The molecule has 0 atom stereocenters. The van der Waals surface area contributed by atoms with Crippen molar-refractivity contribution in [1.82, 2.24) is 15.6 Å². The maximum atomic E-state index is 12.7. The Morgan fingerprint density at radius 3 is 2.53 bits per heavy atom. The number of hydrogen-bond donors (Lipinski definition) is 2. The zero-order valence-electron chi connectivity index (χ0n) is 16.9. The highest BCUT2D eigenvalue weighted by atomic mass is 127. The van der Waals surface area contributed by atoms with E-state index in [4.69, 9.17) is 4.74 Å². The Morgan fingerprint density at radius 2 is 1.93 bits per heavy atom. The van der Waals surface area contributed by atoms with E-state index in [0.717, 1.165) is 29.6 Å². The van der Waals surface area contributed by atoms with Crippen molar-refractivity contribution in [2.24, 2.45) is 4.99 Å². The summed E-state index contributed by atoms with van der Waals surface area (Å²) in [5.74, 6) is 0.535. The van der Waals surface area contributed by atoms with Crippen LogP contribution >= 0.6 is 35.3 Å². The van der Waals surface area contributed by atoms with E-state index in [2.05, 4.69) is 39.7 Å². The summed E-state index contributed by atoms with van der Waals surface area (Å²) in [7, 11) is 1.64. The van der Waals surface area contributed by atoms with E-state index in [1.165, 1.54) is 11.1 Å². The van der Waals surface area contributed by atoms with Gasteiger partial charge in [-0.3, -0.25) is 4.99 Å². The molecule has 0 radical (unpaired) electrons. The van der Waals surface area contributed by atoms with Crippen molar-refractivity contribution in [2.75, 3.05) is 26.8 Å². The van der Waals surface area contributed by atoms with Gasteiger partial charge in [0.2, 0.25) is 0 Å². The van der Waals surface area contributed by atoms with Crippen molar-refractivity contribution < 1.29 is 17.9 Å². The van der Waals surface area contributed by atoms with Crippen LogP contribution in [0, 0.1) is 6.92 Å². The average Bonchev–Trinajstić information content (AvgIpc) is 3.19. The molecule has 1 aliphatic heterocycles. The SMILES string of the molecule is CN=C(NCc1nc(C(F)(F)F)cs1)NCC1(c2ccccc2C)CCOCC1.I. The maximum absolute atomic E-state index is 12.7. The fourth-order valence-corrected chi connectivity index (χ4v) is 4.37. The molecular weight excluding hydrogens is 528 g/mol. The van der Waals surface area contributed by atoms with Gasteiger partial charge in [0.15, 0.2) is 11.7 Å². The maximum Gasteiger partial charge on any atom is 0.434 e. The average molecular weight is 554 g/mol. The molecule has 166 valence electrons. The summed E-state index contributed by atoms with van der Waals surface area (Å²) in [6, 6.07) is 8.35. The molecule has 1 aromatic carbocycles. The highest BCUT2D eigenvalue weighted by molar-refractivity contribution is 14.0. The second kappa shape index (κ2) is 10.8. The molecule has 0 saturated carbocycles. The Kier molecular flexibility index (Phi) is 8.92. The molecule has 0 amide bonds. The number of benzene rings is 1. The van der Waals surface area contributed by atoms with E-state index in [-0.39, 0.29) is 35.9 Å². The van der Waals surface area contributed by atoms with Gasteiger partial charge in [-0.15, -0.1) is 35.3 Å². The fourth-order valence-electron chi connectivity index (χ4n) is 3.63. The zero-order valence-corrected chi connectivity index (χ0v) is 20.0. The van der Waals surface area contributed by atoms with E-state index < -0.39 is 11.9 Å². The normalized spacial score (nSPS) is 16.6. The third kappa shape index (κ3) is 6.07. The predicted molar refractivity (Wildman–Crippen MR) is 124 cm³/mol. The van der Waals surface area contributed by atoms with Gasteiger partial charge in [-0.1, -0.05) is 24.3 Å². The van der Waals surface area contributed by atoms with Crippen LogP contribution in [0.4, 0.5) is 13.2 Å². The molecule has 0 bridgehead atoms. The standard InChI is InChI=1S/C20H25F3N4OS.HI/c1-14-5-3-4-6-15(14)19(7-9-28-10-8-19)13-26-18(24-2)25-11-17-27-16(12-29-17)20(21,22)23;/h3-6,12H,7-11,13H2,1-2H3,(H2,24,25,26);1H. The van der Waals surface area contributed by atoms with Crippen LogP contribution in [0.15, 0.2) is 34.6 Å². The first-order valence-corrected chi connectivity index (χ1v) is 10.3. The molecule has 0 aliphatic carbocycles. The first-order chi connectivity index (χ1) is 13.8. The van der Waals surface area contributed by atoms with Crippen LogP contribution in [-0.2, 0) is 22.9 Å². The van der Waals surface area contributed by atoms with Crippen molar-refractivity contribution in [3.63, 3.8) is 0 Å². The third-order valence-electron chi connectivity index (χ3n) is 5.23. The molecule has 2 N–H and O–H groups in total. The van der Waals surface area contributed by atoms with Gasteiger partial charge in [-0.05, 0) is 30.9 Å². The molecule has 5 nitrogen and oxygen atoms in total. The monoisotopic (exact) mass is 554 g/mol.